The van der Waals surface area contributed by atoms with Gasteiger partial charge in [0.05, 0.1) is 6.21 Å². The monoisotopic (exact) mass is 388 g/mol. The van der Waals surface area contributed by atoms with Crippen LogP contribution in [-0.4, -0.2) is 40.4 Å². The number of benzene rings is 1. The van der Waals surface area contributed by atoms with Crippen molar-refractivity contribution in [3.63, 3.8) is 0 Å². The number of hydrogen-bond donors (Lipinski definition) is 2. The van der Waals surface area contributed by atoms with Crippen molar-refractivity contribution >= 4 is 53.1 Å². The molecule has 0 fully saturated rings. The summed E-state index contributed by atoms with van der Waals surface area (Å²) in [6, 6.07) is 5.11. The highest BCUT2D eigenvalue weighted by Crippen LogP contribution is 2.26. The SMILES string of the molecule is NC(=O)c1[nH][n+](-c2c(Cl)cccc2Cl)cc1N=C1C=NC2C=CC=NN12. The molecule has 3 N–H and O–H groups in total. The quantitative estimate of drug-likeness (QED) is 0.785. The molecule has 1 unspecified atom stereocenters. The minimum absolute atomic E-state index is 0.113. The van der Waals surface area contributed by atoms with Gasteiger partial charge in [0.15, 0.2) is 23.4 Å². The zero-order valence-electron chi connectivity index (χ0n) is 13.2. The molecule has 0 spiro atoms. The minimum atomic E-state index is -0.667. The molecule has 1 amide bonds. The van der Waals surface area contributed by atoms with Gasteiger partial charge in [0, 0.05) is 6.21 Å². The van der Waals surface area contributed by atoms with E-state index in [1.807, 2.05) is 6.08 Å². The molecule has 8 nitrogen and oxygen atoms in total. The van der Waals surface area contributed by atoms with Gasteiger partial charge < -0.3 is 5.73 Å². The predicted molar refractivity (Wildman–Crippen MR) is 99.7 cm³/mol. The zero-order valence-corrected chi connectivity index (χ0v) is 14.7. The number of amides is 1. The standard InChI is InChI=1S/C16H11Cl2N7O/c17-9-3-1-4-10(18)15(9)24-8-11(14(23-24)16(19)26)22-13-7-20-12-5-2-6-21-25(12)13/h1-8,12H,(H2,19,26)/p+1. The lowest BCUT2D eigenvalue weighted by Crippen LogP contribution is -2.33. The predicted octanol–water partition coefficient (Wildman–Crippen LogP) is 2.00. The van der Waals surface area contributed by atoms with Gasteiger partial charge in [0.25, 0.3) is 11.6 Å². The number of hydrazone groups is 1. The van der Waals surface area contributed by atoms with Crippen LogP contribution in [0.5, 0.6) is 0 Å². The summed E-state index contributed by atoms with van der Waals surface area (Å²) < 4.78 is 1.51. The molecule has 2 aliphatic rings. The average Bonchev–Trinajstić information content (AvgIpc) is 3.20. The summed E-state index contributed by atoms with van der Waals surface area (Å²) in [5.41, 5.74) is 6.40. The number of aliphatic imine (C=N–C) groups is 2. The molecule has 4 rings (SSSR count). The number of para-hydroxylation sites is 1. The second kappa shape index (κ2) is 6.40. The summed E-state index contributed by atoms with van der Waals surface area (Å²) in [6.07, 6.45) is 8.26. The maximum absolute atomic E-state index is 11.8. The van der Waals surface area contributed by atoms with Gasteiger partial charge in [-0.05, 0) is 24.3 Å². The van der Waals surface area contributed by atoms with Crippen LogP contribution < -0.4 is 10.4 Å². The highest BCUT2D eigenvalue weighted by Gasteiger charge is 2.28. The summed E-state index contributed by atoms with van der Waals surface area (Å²) in [7, 11) is 0. The molecule has 26 heavy (non-hydrogen) atoms. The first-order chi connectivity index (χ1) is 12.5. The van der Waals surface area contributed by atoms with Crippen LogP contribution in [0, 0.1) is 0 Å². The third-order valence-electron chi connectivity index (χ3n) is 3.79. The second-order valence-corrected chi connectivity index (χ2v) is 6.28. The second-order valence-electron chi connectivity index (χ2n) is 5.46. The van der Waals surface area contributed by atoms with E-state index < -0.39 is 5.91 Å². The molecule has 1 aromatic heterocycles. The number of nitrogens with one attached hydrogen (secondary N) is 1. The number of halogens is 2. The number of rotatable bonds is 3. The Hall–Kier alpha value is -2.97. The van der Waals surface area contributed by atoms with Crippen LogP contribution in [0.4, 0.5) is 5.69 Å². The fourth-order valence-electron chi connectivity index (χ4n) is 2.62. The minimum Gasteiger partial charge on any atom is -0.364 e. The Balaban J connectivity index is 1.80. The number of allylic oxidation sites excluding steroid dienone is 1. The van der Waals surface area contributed by atoms with E-state index in [0.717, 1.165) is 0 Å². The molecule has 130 valence electrons. The van der Waals surface area contributed by atoms with E-state index in [0.29, 0.717) is 27.3 Å². The number of H-pyrrole nitrogens is 1. The topological polar surface area (TPSA) is 103 Å². The molecule has 2 aromatic rings. The van der Waals surface area contributed by atoms with Crippen molar-refractivity contribution in [3.8, 4) is 5.69 Å². The summed E-state index contributed by atoms with van der Waals surface area (Å²) in [5, 5.41) is 9.55. The van der Waals surface area contributed by atoms with Crippen molar-refractivity contribution in [3.05, 3.63) is 52.3 Å². The van der Waals surface area contributed by atoms with Crippen molar-refractivity contribution in [2.45, 2.75) is 6.17 Å². The number of amidine groups is 1. The lowest BCUT2D eigenvalue weighted by molar-refractivity contribution is -0.654. The van der Waals surface area contributed by atoms with Crippen LogP contribution in [0.25, 0.3) is 5.69 Å². The summed E-state index contributed by atoms with van der Waals surface area (Å²) in [4.78, 5) is 20.6. The lowest BCUT2D eigenvalue weighted by atomic mass is 10.3. The normalized spacial score (nSPS) is 19.4. The first-order valence-electron chi connectivity index (χ1n) is 7.55. The van der Waals surface area contributed by atoms with E-state index in [9.17, 15) is 4.79 Å². The van der Waals surface area contributed by atoms with E-state index in [1.54, 1.807) is 47.9 Å². The number of nitrogens with two attached hydrogens (primary N) is 1. The molecule has 10 heteroatoms. The highest BCUT2D eigenvalue weighted by molar-refractivity contribution is 6.37. The Kier molecular flexibility index (Phi) is 4.06. The number of hydrogen-bond acceptors (Lipinski definition) is 4. The van der Waals surface area contributed by atoms with Crippen LogP contribution in [0.1, 0.15) is 10.5 Å². The maximum atomic E-state index is 11.8. The molecule has 0 saturated heterocycles. The van der Waals surface area contributed by atoms with Crippen molar-refractivity contribution in [2.75, 3.05) is 0 Å². The third kappa shape index (κ3) is 2.79. The number of nitrogens with zero attached hydrogens (tertiary/aromatic N) is 5. The van der Waals surface area contributed by atoms with E-state index in [1.165, 1.54) is 4.68 Å². The Morgan fingerprint density at radius 2 is 2.12 bits per heavy atom. The van der Waals surface area contributed by atoms with Gasteiger partial charge >= 0.3 is 0 Å². The number of carbonyl (C=O) groups excluding carboxylic acids is 1. The molecule has 0 bridgehead atoms. The van der Waals surface area contributed by atoms with E-state index in [4.69, 9.17) is 28.9 Å². The molecule has 0 radical (unpaired) electrons. The van der Waals surface area contributed by atoms with E-state index >= 15 is 0 Å². The molecule has 1 atom stereocenters. The Labute approximate surface area is 157 Å². The maximum Gasteiger partial charge on any atom is 0.273 e. The zero-order chi connectivity index (χ0) is 18.3. The van der Waals surface area contributed by atoms with Crippen LogP contribution in [0.2, 0.25) is 10.0 Å². The number of primary amides is 1. The Morgan fingerprint density at radius 1 is 1.35 bits per heavy atom. The van der Waals surface area contributed by atoms with Gasteiger partial charge in [0.1, 0.15) is 10.0 Å². The molecule has 2 aliphatic heterocycles. The van der Waals surface area contributed by atoms with Gasteiger partial charge in [0.2, 0.25) is 6.20 Å². The van der Waals surface area contributed by atoms with Gasteiger partial charge in [-0.25, -0.2) is 10.0 Å². The fraction of sp³-hybridized carbons (Fsp3) is 0.0625. The molecular weight excluding hydrogens is 377 g/mol. The summed E-state index contributed by atoms with van der Waals surface area (Å²) in [5.74, 6) is -0.186. The number of aromatic nitrogens is 2. The van der Waals surface area contributed by atoms with Crippen LogP contribution in [0.3, 0.4) is 0 Å². The lowest BCUT2D eigenvalue weighted by Gasteiger charge is -2.18. The first kappa shape index (κ1) is 16.5. The Bertz CT molecular complexity index is 1000. The first-order valence-corrected chi connectivity index (χ1v) is 8.31. The van der Waals surface area contributed by atoms with Gasteiger partial charge in [-0.3, -0.25) is 9.79 Å². The van der Waals surface area contributed by atoms with Crippen LogP contribution >= 0.6 is 23.2 Å². The third-order valence-corrected chi connectivity index (χ3v) is 4.40. The molecule has 1 aromatic carbocycles. The van der Waals surface area contributed by atoms with Crippen molar-refractivity contribution in [1.82, 2.24) is 10.1 Å². The molecule has 3 heterocycles. The fourth-order valence-corrected chi connectivity index (χ4v) is 3.20. The van der Waals surface area contributed by atoms with Gasteiger partial charge in [-0.2, -0.15) is 10.2 Å². The Morgan fingerprint density at radius 3 is 2.85 bits per heavy atom. The molecule has 0 saturated carbocycles. The number of aromatic amines is 1. The van der Waals surface area contributed by atoms with Crippen LogP contribution in [0.15, 0.2) is 51.6 Å². The van der Waals surface area contributed by atoms with Crippen molar-refractivity contribution < 1.29 is 9.48 Å². The summed E-state index contributed by atoms with van der Waals surface area (Å²) >= 11 is 12.5. The average molecular weight is 389 g/mol. The van der Waals surface area contributed by atoms with Crippen LogP contribution in [-0.2, 0) is 0 Å². The van der Waals surface area contributed by atoms with Crippen molar-refractivity contribution in [2.24, 2.45) is 20.8 Å². The largest absolute Gasteiger partial charge is 0.364 e. The van der Waals surface area contributed by atoms with E-state index in [-0.39, 0.29) is 11.9 Å². The highest BCUT2D eigenvalue weighted by atomic mass is 35.5. The van der Waals surface area contributed by atoms with Crippen molar-refractivity contribution in [1.29, 1.82) is 0 Å². The molecule has 0 aliphatic carbocycles. The van der Waals surface area contributed by atoms with Gasteiger partial charge in [-0.1, -0.05) is 34.0 Å². The van der Waals surface area contributed by atoms with E-state index in [2.05, 4.69) is 20.2 Å². The smallest absolute Gasteiger partial charge is 0.273 e. The number of fused-ring (bicyclic) bond motifs is 1. The summed E-state index contributed by atoms with van der Waals surface area (Å²) in [6.45, 7) is 0. The van der Waals surface area contributed by atoms with Gasteiger partial charge in [-0.15, -0.1) is 0 Å². The number of carbonyl (C=O) groups is 1. The molecular formula is C16H12Cl2N7O+.